The molecule has 0 atom stereocenters. The maximum Gasteiger partial charge on any atom is 0.156 e. The van der Waals surface area contributed by atoms with Gasteiger partial charge in [-0.3, -0.25) is 0 Å². The van der Waals surface area contributed by atoms with Gasteiger partial charge in [0.25, 0.3) is 0 Å². The largest absolute Gasteiger partial charge is 0.305 e. The first kappa shape index (κ1) is 13.0. The van der Waals surface area contributed by atoms with Crippen molar-refractivity contribution in [3.63, 3.8) is 0 Å². The van der Waals surface area contributed by atoms with Gasteiger partial charge in [0.2, 0.25) is 0 Å². The van der Waals surface area contributed by atoms with Gasteiger partial charge in [0.1, 0.15) is 12.0 Å². The molecule has 0 saturated heterocycles. The summed E-state index contributed by atoms with van der Waals surface area (Å²) in [5, 5.41) is 6.75. The quantitative estimate of drug-likeness (QED) is 0.739. The van der Waals surface area contributed by atoms with Crippen LogP contribution in [-0.2, 0) is 6.54 Å². The standard InChI is InChI=1S/C14H15N5S/c1-18(2)8-11-9-19(13-5-6-15-10-16-13)17-14(11)12-4-3-7-20-12/h3-7,9-10H,8H2,1-2H3. The van der Waals surface area contributed by atoms with E-state index in [2.05, 4.69) is 45.5 Å². The molecule has 3 aromatic heterocycles. The second-order valence-corrected chi connectivity index (χ2v) is 5.68. The van der Waals surface area contributed by atoms with Crippen molar-refractivity contribution in [1.82, 2.24) is 24.6 Å². The van der Waals surface area contributed by atoms with Crippen LogP contribution in [-0.4, -0.2) is 38.7 Å². The lowest BCUT2D eigenvalue weighted by Gasteiger charge is -2.08. The molecule has 0 bridgehead atoms. The van der Waals surface area contributed by atoms with Gasteiger partial charge in [0, 0.05) is 30.6 Å². The molecule has 0 aliphatic rings. The Labute approximate surface area is 121 Å². The highest BCUT2D eigenvalue weighted by Gasteiger charge is 2.14. The molecule has 0 aromatic carbocycles. The highest BCUT2D eigenvalue weighted by molar-refractivity contribution is 7.13. The number of nitrogens with zero attached hydrogens (tertiary/aromatic N) is 5. The lowest BCUT2D eigenvalue weighted by molar-refractivity contribution is 0.403. The third kappa shape index (κ3) is 2.61. The smallest absolute Gasteiger partial charge is 0.156 e. The average Bonchev–Trinajstić information content (AvgIpc) is 3.08. The molecular weight excluding hydrogens is 270 g/mol. The van der Waals surface area contributed by atoms with Gasteiger partial charge < -0.3 is 4.90 Å². The van der Waals surface area contributed by atoms with Gasteiger partial charge in [0.15, 0.2) is 5.82 Å². The molecule has 0 fully saturated rings. The monoisotopic (exact) mass is 285 g/mol. The third-order valence-corrected chi connectivity index (χ3v) is 3.71. The van der Waals surface area contributed by atoms with Gasteiger partial charge in [-0.05, 0) is 25.5 Å². The molecule has 0 aliphatic heterocycles. The summed E-state index contributed by atoms with van der Waals surface area (Å²) < 4.78 is 1.82. The van der Waals surface area contributed by atoms with Gasteiger partial charge in [-0.1, -0.05) is 6.07 Å². The fraction of sp³-hybridized carbons (Fsp3) is 0.214. The van der Waals surface area contributed by atoms with Crippen molar-refractivity contribution in [2.45, 2.75) is 6.54 Å². The first-order valence-corrected chi connectivity index (χ1v) is 7.15. The van der Waals surface area contributed by atoms with Crippen LogP contribution in [0.15, 0.2) is 42.3 Å². The van der Waals surface area contributed by atoms with Crippen molar-refractivity contribution in [2.24, 2.45) is 0 Å². The molecule has 102 valence electrons. The van der Waals surface area contributed by atoms with E-state index < -0.39 is 0 Å². The van der Waals surface area contributed by atoms with Gasteiger partial charge in [0.05, 0.1) is 4.88 Å². The zero-order valence-electron chi connectivity index (χ0n) is 11.4. The minimum Gasteiger partial charge on any atom is -0.305 e. The number of hydrogen-bond acceptors (Lipinski definition) is 5. The molecule has 6 heteroatoms. The van der Waals surface area contributed by atoms with Crippen LogP contribution < -0.4 is 0 Å². The van der Waals surface area contributed by atoms with Crippen LogP contribution in [0, 0.1) is 0 Å². The molecule has 3 heterocycles. The van der Waals surface area contributed by atoms with Crippen LogP contribution in [0.5, 0.6) is 0 Å². The summed E-state index contributed by atoms with van der Waals surface area (Å²) in [4.78, 5) is 11.5. The molecule has 0 saturated carbocycles. The molecule has 0 N–H and O–H groups in total. The van der Waals surface area contributed by atoms with E-state index in [0.717, 1.165) is 18.1 Å². The van der Waals surface area contributed by atoms with Crippen LogP contribution in [0.1, 0.15) is 5.56 Å². The SMILES string of the molecule is CN(C)Cc1cn(-c2ccncn2)nc1-c1cccs1. The lowest BCUT2D eigenvalue weighted by atomic mass is 10.2. The highest BCUT2D eigenvalue weighted by Crippen LogP contribution is 2.27. The normalized spacial score (nSPS) is 11.2. The molecule has 5 nitrogen and oxygen atoms in total. The number of hydrogen-bond donors (Lipinski definition) is 0. The van der Waals surface area contributed by atoms with Crippen molar-refractivity contribution < 1.29 is 0 Å². The van der Waals surface area contributed by atoms with Crippen LogP contribution in [0.25, 0.3) is 16.4 Å². The van der Waals surface area contributed by atoms with Crippen molar-refractivity contribution in [2.75, 3.05) is 14.1 Å². The summed E-state index contributed by atoms with van der Waals surface area (Å²) in [6.07, 6.45) is 5.30. The molecule has 20 heavy (non-hydrogen) atoms. The second kappa shape index (κ2) is 5.52. The van der Waals surface area contributed by atoms with E-state index in [1.807, 2.05) is 23.0 Å². The van der Waals surface area contributed by atoms with Crippen LogP contribution >= 0.6 is 11.3 Å². The molecule has 0 aliphatic carbocycles. The van der Waals surface area contributed by atoms with Crippen molar-refractivity contribution in [1.29, 1.82) is 0 Å². The van der Waals surface area contributed by atoms with Crippen molar-refractivity contribution in [3.05, 3.63) is 47.9 Å². The summed E-state index contributed by atoms with van der Waals surface area (Å²) in [7, 11) is 4.11. The molecular formula is C14H15N5S. The minimum absolute atomic E-state index is 0.780. The van der Waals surface area contributed by atoms with E-state index in [9.17, 15) is 0 Å². The summed E-state index contributed by atoms with van der Waals surface area (Å²) in [5.74, 6) is 0.780. The molecule has 0 radical (unpaired) electrons. The predicted molar refractivity (Wildman–Crippen MR) is 79.9 cm³/mol. The first-order chi connectivity index (χ1) is 9.74. The van der Waals surface area contributed by atoms with Crippen LogP contribution in [0.3, 0.4) is 0 Å². The Bertz CT molecular complexity index is 673. The molecule has 0 spiro atoms. The Morgan fingerprint density at radius 2 is 2.20 bits per heavy atom. The average molecular weight is 285 g/mol. The summed E-state index contributed by atoms with van der Waals surface area (Å²) in [6, 6.07) is 5.99. The Kier molecular flexibility index (Phi) is 3.58. The van der Waals surface area contributed by atoms with Gasteiger partial charge in [-0.2, -0.15) is 5.10 Å². The number of thiophene rings is 1. The topological polar surface area (TPSA) is 46.8 Å². The molecule has 0 amide bonds. The molecule has 0 unspecified atom stereocenters. The van der Waals surface area contributed by atoms with E-state index in [1.165, 1.54) is 16.8 Å². The zero-order chi connectivity index (χ0) is 13.9. The highest BCUT2D eigenvalue weighted by atomic mass is 32.1. The lowest BCUT2D eigenvalue weighted by Crippen LogP contribution is -2.10. The van der Waals surface area contributed by atoms with Gasteiger partial charge >= 0.3 is 0 Å². The van der Waals surface area contributed by atoms with E-state index >= 15 is 0 Å². The van der Waals surface area contributed by atoms with E-state index in [1.54, 1.807) is 17.5 Å². The minimum atomic E-state index is 0.780. The maximum absolute atomic E-state index is 4.69. The van der Waals surface area contributed by atoms with Gasteiger partial charge in [-0.25, -0.2) is 14.6 Å². The van der Waals surface area contributed by atoms with Crippen molar-refractivity contribution in [3.8, 4) is 16.4 Å². The fourth-order valence-electron chi connectivity index (χ4n) is 2.02. The fourth-order valence-corrected chi connectivity index (χ4v) is 2.77. The number of rotatable bonds is 4. The zero-order valence-corrected chi connectivity index (χ0v) is 12.2. The Hall–Kier alpha value is -2.05. The summed E-state index contributed by atoms with van der Waals surface area (Å²) >= 11 is 1.70. The van der Waals surface area contributed by atoms with Gasteiger partial charge in [-0.15, -0.1) is 11.3 Å². The summed E-state index contributed by atoms with van der Waals surface area (Å²) in [5.41, 5.74) is 2.21. The van der Waals surface area contributed by atoms with E-state index in [0.29, 0.717) is 0 Å². The van der Waals surface area contributed by atoms with Crippen LogP contribution in [0.4, 0.5) is 0 Å². The first-order valence-electron chi connectivity index (χ1n) is 6.27. The molecule has 3 rings (SSSR count). The predicted octanol–water partition coefficient (Wildman–Crippen LogP) is 2.45. The Balaban J connectivity index is 2.06. The second-order valence-electron chi connectivity index (χ2n) is 4.73. The molecule has 3 aromatic rings. The number of aromatic nitrogens is 4. The Morgan fingerprint density at radius 1 is 1.30 bits per heavy atom. The Morgan fingerprint density at radius 3 is 2.85 bits per heavy atom. The van der Waals surface area contributed by atoms with E-state index in [4.69, 9.17) is 0 Å². The summed E-state index contributed by atoms with van der Waals surface area (Å²) in [6.45, 7) is 0.846. The third-order valence-electron chi connectivity index (χ3n) is 2.83. The van der Waals surface area contributed by atoms with E-state index in [-0.39, 0.29) is 0 Å². The van der Waals surface area contributed by atoms with Crippen LogP contribution in [0.2, 0.25) is 0 Å². The van der Waals surface area contributed by atoms with Crippen molar-refractivity contribution >= 4 is 11.3 Å². The maximum atomic E-state index is 4.69.